The number of carbonyl (C=O) groups is 1. The summed E-state index contributed by atoms with van der Waals surface area (Å²) in [6.45, 7) is 2.52. The van der Waals surface area contributed by atoms with Crippen LogP contribution in [0.3, 0.4) is 0 Å². The number of nitroso groups, excluding NO2 is 1. The van der Waals surface area contributed by atoms with Crippen molar-refractivity contribution in [2.75, 3.05) is 26.7 Å². The number of nitrogens with zero attached hydrogens (tertiary/aromatic N) is 2. The van der Waals surface area contributed by atoms with E-state index in [1.807, 2.05) is 11.9 Å². The molecule has 1 unspecified atom stereocenters. The number of ether oxygens (including phenoxy) is 1. The molecule has 0 aromatic heterocycles. The highest BCUT2D eigenvalue weighted by atomic mass is 35.5. The van der Waals surface area contributed by atoms with E-state index in [9.17, 15) is 26.9 Å². The molecule has 1 heterocycles. The van der Waals surface area contributed by atoms with Gasteiger partial charge < -0.3 is 9.64 Å². The predicted octanol–water partition coefficient (Wildman–Crippen LogP) is 2.48. The highest BCUT2D eigenvalue weighted by Crippen LogP contribution is 2.40. The van der Waals surface area contributed by atoms with Crippen LogP contribution in [0, 0.1) is 16.5 Å². The normalized spacial score (nSPS) is 17.8. The monoisotopic (exact) mass is 473 g/mol. The maximum atomic E-state index is 14.0. The van der Waals surface area contributed by atoms with Crippen LogP contribution < -0.4 is 4.72 Å². The van der Waals surface area contributed by atoms with Gasteiger partial charge >= 0.3 is 5.97 Å². The molecular weight excluding hydrogens is 452 g/mol. The molecule has 1 aromatic carbocycles. The van der Waals surface area contributed by atoms with Gasteiger partial charge in [0, 0.05) is 22.6 Å². The molecule has 0 aliphatic carbocycles. The molecule has 0 radical (unpaired) electrons. The van der Waals surface area contributed by atoms with Crippen LogP contribution in [-0.2, 0) is 19.6 Å². The first-order valence-electron chi connectivity index (χ1n) is 8.48. The van der Waals surface area contributed by atoms with Gasteiger partial charge in [-0.2, -0.15) is 4.72 Å². The largest absolute Gasteiger partial charge is 0.465 e. The maximum Gasteiger partial charge on any atom is 0.325 e. The SMILES string of the molecule is CCOC(=O)C(NS(=O)(=O)c1ccc(F)cc1F)C1(SN=O)CCN(C)CC1.Cl. The lowest BCUT2D eigenvalue weighted by molar-refractivity contribution is -0.146. The second kappa shape index (κ2) is 10.6. The Hall–Kier alpha value is -1.34. The first-order chi connectivity index (χ1) is 13.1. The fourth-order valence-electron chi connectivity index (χ4n) is 3.01. The van der Waals surface area contributed by atoms with Gasteiger partial charge in [-0.3, -0.25) is 4.79 Å². The van der Waals surface area contributed by atoms with Crippen molar-refractivity contribution in [2.45, 2.75) is 35.4 Å². The smallest absolute Gasteiger partial charge is 0.325 e. The number of hydrogen-bond acceptors (Lipinski definition) is 8. The van der Waals surface area contributed by atoms with Crippen molar-refractivity contribution in [3.63, 3.8) is 0 Å². The van der Waals surface area contributed by atoms with Crippen molar-refractivity contribution in [3.8, 4) is 0 Å². The van der Waals surface area contributed by atoms with Crippen molar-refractivity contribution in [3.05, 3.63) is 34.7 Å². The number of halogens is 3. The Morgan fingerprint density at radius 2 is 2.00 bits per heavy atom. The molecule has 0 spiro atoms. The standard InChI is InChI=1S/C16H21F2N3O5S2.ClH/c1-3-26-15(22)14(16(27-20-23)6-8-21(2)9-7-16)19-28(24,25)13-5-4-11(17)10-12(13)18;/h4-5,10,14,19H,3,6-9H2,1-2H3;1H. The molecule has 8 nitrogen and oxygen atoms in total. The third kappa shape index (κ3) is 6.07. The van der Waals surface area contributed by atoms with Crippen LogP contribution >= 0.6 is 24.4 Å². The van der Waals surface area contributed by atoms with E-state index >= 15 is 0 Å². The maximum absolute atomic E-state index is 14.0. The minimum Gasteiger partial charge on any atom is -0.465 e. The minimum atomic E-state index is -4.55. The van der Waals surface area contributed by atoms with Gasteiger partial charge in [0.25, 0.3) is 0 Å². The van der Waals surface area contributed by atoms with E-state index in [-0.39, 0.29) is 31.9 Å². The van der Waals surface area contributed by atoms with E-state index in [2.05, 4.69) is 9.30 Å². The average Bonchev–Trinajstić information content (AvgIpc) is 2.62. The minimum absolute atomic E-state index is 0. The third-order valence-corrected chi connectivity index (χ3v) is 7.10. The number of piperidine rings is 1. The summed E-state index contributed by atoms with van der Waals surface area (Å²) in [5, 5.41) is 0. The molecule has 1 aromatic rings. The van der Waals surface area contributed by atoms with Gasteiger partial charge in [0.15, 0.2) is 0 Å². The zero-order chi connectivity index (χ0) is 20.9. The van der Waals surface area contributed by atoms with Crippen molar-refractivity contribution in [1.82, 2.24) is 9.62 Å². The number of rotatable bonds is 8. The molecule has 164 valence electrons. The van der Waals surface area contributed by atoms with E-state index in [1.54, 1.807) is 6.92 Å². The molecule has 1 N–H and O–H groups in total. The fraction of sp³-hybridized carbons (Fsp3) is 0.562. The second-order valence-electron chi connectivity index (χ2n) is 6.41. The number of benzene rings is 1. The quantitative estimate of drug-likeness (QED) is 0.351. The van der Waals surface area contributed by atoms with Gasteiger partial charge in [-0.1, -0.05) is 0 Å². The van der Waals surface area contributed by atoms with E-state index in [0.29, 0.717) is 31.1 Å². The third-order valence-electron chi connectivity index (χ3n) is 4.56. The first kappa shape index (κ1) is 25.7. The number of sulfonamides is 1. The van der Waals surface area contributed by atoms with Crippen LogP contribution in [0.15, 0.2) is 27.7 Å². The van der Waals surface area contributed by atoms with E-state index in [4.69, 9.17) is 4.74 Å². The summed E-state index contributed by atoms with van der Waals surface area (Å²) in [7, 11) is -2.71. The van der Waals surface area contributed by atoms with E-state index in [0.717, 1.165) is 12.1 Å². The molecule has 0 bridgehead atoms. The van der Waals surface area contributed by atoms with Crippen molar-refractivity contribution >= 4 is 40.3 Å². The molecular formula is C16H22ClF2N3O5S2. The Labute approximate surface area is 178 Å². The zero-order valence-corrected chi connectivity index (χ0v) is 18.2. The van der Waals surface area contributed by atoms with Crippen molar-refractivity contribution in [1.29, 1.82) is 0 Å². The Bertz CT molecular complexity index is 836. The van der Waals surface area contributed by atoms with E-state index in [1.165, 1.54) is 0 Å². The average molecular weight is 474 g/mol. The Morgan fingerprint density at radius 1 is 1.38 bits per heavy atom. The molecule has 1 fully saturated rings. The molecule has 29 heavy (non-hydrogen) atoms. The van der Waals surface area contributed by atoms with Crippen LogP contribution in [0.2, 0.25) is 0 Å². The highest BCUT2D eigenvalue weighted by Gasteiger charge is 2.49. The lowest BCUT2D eigenvalue weighted by Gasteiger charge is -2.41. The predicted molar refractivity (Wildman–Crippen MR) is 107 cm³/mol. The number of esters is 1. The summed E-state index contributed by atoms with van der Waals surface area (Å²) in [6, 6.07) is 0.519. The molecule has 1 atom stereocenters. The number of likely N-dealkylation sites (tertiary alicyclic amines) is 1. The van der Waals surface area contributed by atoms with Gasteiger partial charge in [0.05, 0.1) is 11.4 Å². The topological polar surface area (TPSA) is 105 Å². The van der Waals surface area contributed by atoms with Crippen molar-refractivity contribution < 1.29 is 26.7 Å². The summed E-state index contributed by atoms with van der Waals surface area (Å²) in [5.41, 5.74) is 0. The number of hydrogen-bond donors (Lipinski definition) is 1. The van der Waals surface area contributed by atoms with Crippen LogP contribution in [0.25, 0.3) is 0 Å². The molecule has 1 saturated heterocycles. The van der Waals surface area contributed by atoms with Crippen molar-refractivity contribution in [2.24, 2.45) is 4.58 Å². The van der Waals surface area contributed by atoms with Gasteiger partial charge in [0.2, 0.25) is 10.0 Å². The lowest BCUT2D eigenvalue weighted by atomic mass is 9.88. The molecule has 0 saturated carbocycles. The van der Waals surface area contributed by atoms with Gasteiger partial charge in [-0.15, -0.1) is 17.3 Å². The Kier molecular flexibility index (Phi) is 9.41. The van der Waals surface area contributed by atoms with Crippen LogP contribution in [0.5, 0.6) is 0 Å². The Morgan fingerprint density at radius 3 is 2.52 bits per heavy atom. The zero-order valence-electron chi connectivity index (χ0n) is 15.8. The van der Waals surface area contributed by atoms with Crippen LogP contribution in [-0.4, -0.2) is 56.8 Å². The number of nitrogens with one attached hydrogen (secondary N) is 1. The van der Waals surface area contributed by atoms with Gasteiger partial charge in [0.1, 0.15) is 22.6 Å². The lowest BCUT2D eigenvalue weighted by Crippen LogP contribution is -2.59. The summed E-state index contributed by atoms with van der Waals surface area (Å²) in [4.78, 5) is 24.8. The molecule has 0 amide bonds. The number of carbonyl (C=O) groups excluding carboxylic acids is 1. The highest BCUT2D eigenvalue weighted by molar-refractivity contribution is 7.99. The van der Waals surface area contributed by atoms with Crippen LogP contribution in [0.1, 0.15) is 19.8 Å². The summed E-state index contributed by atoms with van der Waals surface area (Å²) in [6.07, 6.45) is 0.551. The molecule has 1 aliphatic heterocycles. The summed E-state index contributed by atoms with van der Waals surface area (Å²) >= 11 is 0.568. The first-order valence-corrected chi connectivity index (χ1v) is 10.7. The molecule has 13 heteroatoms. The van der Waals surface area contributed by atoms with Gasteiger partial charge in [-0.05, 0) is 52.0 Å². The molecule has 2 rings (SSSR count). The Balaban J connectivity index is 0.00000420. The summed E-state index contributed by atoms with van der Waals surface area (Å²) < 4.78 is 61.4. The van der Waals surface area contributed by atoms with E-state index < -0.39 is 43.3 Å². The summed E-state index contributed by atoms with van der Waals surface area (Å²) in [5.74, 6) is -3.13. The fourth-order valence-corrected chi connectivity index (χ4v) is 5.18. The van der Waals surface area contributed by atoms with Gasteiger partial charge in [-0.25, -0.2) is 17.2 Å². The van der Waals surface area contributed by atoms with Crippen LogP contribution in [0.4, 0.5) is 8.78 Å². The second-order valence-corrected chi connectivity index (χ2v) is 9.24. The molecule has 1 aliphatic rings.